The van der Waals surface area contributed by atoms with Gasteiger partial charge in [0.05, 0.1) is 32.5 Å². The minimum absolute atomic E-state index is 0.311. The molecule has 45 heavy (non-hydrogen) atoms. The van der Waals surface area contributed by atoms with E-state index in [0.29, 0.717) is 38.6 Å². The van der Waals surface area contributed by atoms with Crippen molar-refractivity contribution in [2.75, 3.05) is 6.61 Å². The van der Waals surface area contributed by atoms with Gasteiger partial charge in [0.2, 0.25) is 6.29 Å². The highest BCUT2D eigenvalue weighted by atomic mass is 16.7. The highest BCUT2D eigenvalue weighted by Crippen LogP contribution is 2.33. The van der Waals surface area contributed by atoms with Crippen molar-refractivity contribution in [3.05, 3.63) is 163 Å². The van der Waals surface area contributed by atoms with Gasteiger partial charge in [-0.05, 0) is 41.3 Å². The van der Waals surface area contributed by atoms with Gasteiger partial charge in [-0.15, -0.1) is 6.58 Å². The van der Waals surface area contributed by atoms with E-state index in [1.807, 2.05) is 127 Å². The van der Waals surface area contributed by atoms with Crippen LogP contribution in [-0.4, -0.2) is 43.4 Å². The third-order valence-corrected chi connectivity index (χ3v) is 7.57. The minimum atomic E-state index is -0.753. The Labute approximate surface area is 266 Å². The fourth-order valence-corrected chi connectivity index (χ4v) is 5.35. The monoisotopic (exact) mass is 606 g/mol. The molecule has 0 bridgehead atoms. The van der Waals surface area contributed by atoms with Crippen LogP contribution in [0.3, 0.4) is 0 Å². The molecule has 6 heteroatoms. The Balaban J connectivity index is 1.43. The topological polar surface area (TPSA) is 55.4 Å². The first-order valence-electron chi connectivity index (χ1n) is 15.4. The second kappa shape index (κ2) is 17.4. The van der Waals surface area contributed by atoms with Crippen molar-refractivity contribution >= 4 is 0 Å². The number of benzene rings is 4. The first-order chi connectivity index (χ1) is 22.2. The van der Waals surface area contributed by atoms with Crippen molar-refractivity contribution in [3.63, 3.8) is 0 Å². The predicted octanol–water partition coefficient (Wildman–Crippen LogP) is 7.69. The molecule has 1 fully saturated rings. The van der Waals surface area contributed by atoms with Gasteiger partial charge < -0.3 is 28.4 Å². The van der Waals surface area contributed by atoms with Crippen LogP contribution in [0.25, 0.3) is 0 Å². The molecular formula is C39H42O6. The number of hydrogen-bond acceptors (Lipinski definition) is 6. The van der Waals surface area contributed by atoms with Crippen molar-refractivity contribution < 1.29 is 28.4 Å². The normalized spacial score (nSPS) is 21.9. The molecule has 0 aliphatic carbocycles. The SMILES string of the molecule is C=CC[C@@H]1O[C@H](COCc2ccccc2)[C@@H](OCc2ccccc2)[C@H](OCc2ccccc2)[C@H]1O[C@H](C=C)Oc1ccccc1. The van der Waals surface area contributed by atoms with Gasteiger partial charge in [0.25, 0.3) is 0 Å². The average molecular weight is 607 g/mol. The third kappa shape index (κ3) is 9.72. The summed E-state index contributed by atoms with van der Waals surface area (Å²) in [5, 5.41) is 0. The van der Waals surface area contributed by atoms with Crippen LogP contribution < -0.4 is 4.74 Å². The van der Waals surface area contributed by atoms with Crippen LogP contribution in [0.5, 0.6) is 5.75 Å². The molecule has 234 valence electrons. The molecule has 0 aromatic heterocycles. The summed E-state index contributed by atoms with van der Waals surface area (Å²) in [6.07, 6.45) is 0.821. The van der Waals surface area contributed by atoms with Crippen molar-refractivity contribution in [2.45, 2.75) is 63.1 Å². The van der Waals surface area contributed by atoms with Crippen LogP contribution in [0, 0.1) is 0 Å². The van der Waals surface area contributed by atoms with E-state index in [1.165, 1.54) is 0 Å². The minimum Gasteiger partial charge on any atom is -0.461 e. The molecule has 0 N–H and O–H groups in total. The molecule has 4 aromatic rings. The molecule has 1 heterocycles. The summed E-state index contributed by atoms with van der Waals surface area (Å²) < 4.78 is 39.2. The Morgan fingerprint density at radius 2 is 1.11 bits per heavy atom. The largest absolute Gasteiger partial charge is 0.461 e. The first kappa shape index (κ1) is 32.4. The van der Waals surface area contributed by atoms with Crippen molar-refractivity contribution in [2.24, 2.45) is 0 Å². The summed E-state index contributed by atoms with van der Waals surface area (Å²) >= 11 is 0. The molecule has 6 nitrogen and oxygen atoms in total. The zero-order valence-corrected chi connectivity index (χ0v) is 25.6. The van der Waals surface area contributed by atoms with Gasteiger partial charge in [0, 0.05) is 0 Å². The van der Waals surface area contributed by atoms with Gasteiger partial charge >= 0.3 is 0 Å². The zero-order chi connectivity index (χ0) is 31.1. The van der Waals surface area contributed by atoms with E-state index in [2.05, 4.69) is 13.2 Å². The van der Waals surface area contributed by atoms with E-state index in [9.17, 15) is 0 Å². The lowest BCUT2D eigenvalue weighted by atomic mass is 9.92. The fraction of sp³-hybridized carbons (Fsp3) is 0.282. The summed E-state index contributed by atoms with van der Waals surface area (Å²) in [6.45, 7) is 9.50. The number of hydrogen-bond donors (Lipinski definition) is 0. The molecule has 0 saturated carbocycles. The van der Waals surface area contributed by atoms with E-state index in [-0.39, 0.29) is 0 Å². The van der Waals surface area contributed by atoms with Gasteiger partial charge in [0.1, 0.15) is 30.2 Å². The fourth-order valence-electron chi connectivity index (χ4n) is 5.35. The maximum Gasteiger partial charge on any atom is 0.219 e. The standard InChI is InChI=1S/C39H42O6/c1-3-17-34-38(45-36(4-2)43-33-24-15-8-16-25-33)39(42-28-32-22-13-7-14-23-32)37(41-27-31-20-11-6-12-21-31)35(44-34)29-40-26-30-18-9-5-10-19-30/h3-16,18-25,34-39H,1-2,17,26-29H2/t34-,35+,36+,37+,38-,39-/m0/s1. The Bertz CT molecular complexity index is 1400. The Hall–Kier alpha value is -4.04. The molecule has 1 aliphatic heterocycles. The van der Waals surface area contributed by atoms with Crippen LogP contribution >= 0.6 is 0 Å². The summed E-state index contributed by atoms with van der Waals surface area (Å²) in [5.41, 5.74) is 3.18. The smallest absolute Gasteiger partial charge is 0.219 e. The Morgan fingerprint density at radius 1 is 0.600 bits per heavy atom. The van der Waals surface area contributed by atoms with Crippen LogP contribution in [0.1, 0.15) is 23.1 Å². The van der Waals surface area contributed by atoms with Gasteiger partial charge in [-0.25, -0.2) is 0 Å². The van der Waals surface area contributed by atoms with Crippen molar-refractivity contribution in [1.82, 2.24) is 0 Å². The molecule has 0 radical (unpaired) electrons. The molecule has 0 spiro atoms. The second-order valence-corrected chi connectivity index (χ2v) is 10.9. The molecule has 1 aliphatic rings. The number of ether oxygens (including phenoxy) is 6. The van der Waals surface area contributed by atoms with Crippen molar-refractivity contribution in [1.29, 1.82) is 0 Å². The number of rotatable bonds is 17. The summed E-state index contributed by atoms with van der Waals surface area (Å²) in [6, 6.07) is 39.8. The van der Waals surface area contributed by atoms with Crippen molar-refractivity contribution in [3.8, 4) is 5.75 Å². The molecule has 6 atom stereocenters. The molecule has 4 aromatic carbocycles. The van der Waals surface area contributed by atoms with Crippen LogP contribution in [0.2, 0.25) is 0 Å². The Kier molecular flexibility index (Phi) is 12.5. The first-order valence-corrected chi connectivity index (χ1v) is 15.4. The van der Waals surface area contributed by atoms with Gasteiger partial charge in [0.15, 0.2) is 0 Å². The third-order valence-electron chi connectivity index (χ3n) is 7.57. The maximum absolute atomic E-state index is 6.74. The lowest BCUT2D eigenvalue weighted by molar-refractivity contribution is -0.285. The summed E-state index contributed by atoms with van der Waals surface area (Å²) in [4.78, 5) is 0. The second-order valence-electron chi connectivity index (χ2n) is 10.9. The molecule has 0 amide bonds. The lowest BCUT2D eigenvalue weighted by Gasteiger charge is -2.46. The number of para-hydroxylation sites is 1. The van der Waals surface area contributed by atoms with E-state index in [0.717, 1.165) is 16.7 Å². The van der Waals surface area contributed by atoms with Crippen LogP contribution in [-0.2, 0) is 43.5 Å². The lowest BCUT2D eigenvalue weighted by Crippen LogP contribution is -2.61. The van der Waals surface area contributed by atoms with E-state index in [1.54, 1.807) is 6.08 Å². The van der Waals surface area contributed by atoms with Gasteiger partial charge in [-0.1, -0.05) is 122 Å². The summed E-state index contributed by atoms with van der Waals surface area (Å²) in [7, 11) is 0. The van der Waals surface area contributed by atoms with Crippen LogP contribution in [0.4, 0.5) is 0 Å². The average Bonchev–Trinajstić information content (AvgIpc) is 3.09. The molecule has 1 saturated heterocycles. The summed E-state index contributed by atoms with van der Waals surface area (Å²) in [5.74, 6) is 0.671. The van der Waals surface area contributed by atoms with E-state index in [4.69, 9.17) is 28.4 Å². The van der Waals surface area contributed by atoms with Gasteiger partial charge in [-0.3, -0.25) is 0 Å². The van der Waals surface area contributed by atoms with Gasteiger partial charge in [-0.2, -0.15) is 0 Å². The van der Waals surface area contributed by atoms with E-state index < -0.39 is 36.8 Å². The van der Waals surface area contributed by atoms with Crippen LogP contribution in [0.15, 0.2) is 147 Å². The molecule has 0 unspecified atom stereocenters. The quantitative estimate of drug-likeness (QED) is 0.0907. The molecule has 5 rings (SSSR count). The highest BCUT2D eigenvalue weighted by molar-refractivity contribution is 5.21. The zero-order valence-electron chi connectivity index (χ0n) is 25.6. The molecular weight excluding hydrogens is 564 g/mol. The van der Waals surface area contributed by atoms with E-state index >= 15 is 0 Å². The maximum atomic E-state index is 6.74. The predicted molar refractivity (Wildman–Crippen MR) is 176 cm³/mol. The Morgan fingerprint density at radius 3 is 1.64 bits per heavy atom. The highest BCUT2D eigenvalue weighted by Gasteiger charge is 2.48.